The van der Waals surface area contributed by atoms with Crippen LogP contribution >= 0.6 is 15.9 Å². The summed E-state index contributed by atoms with van der Waals surface area (Å²) in [6.45, 7) is 5.15. The van der Waals surface area contributed by atoms with Gasteiger partial charge in [-0.2, -0.15) is 0 Å². The highest BCUT2D eigenvalue weighted by Gasteiger charge is 2.12. The lowest BCUT2D eigenvalue weighted by Gasteiger charge is -2.15. The van der Waals surface area contributed by atoms with Crippen LogP contribution < -0.4 is 10.1 Å². The van der Waals surface area contributed by atoms with Crippen molar-refractivity contribution in [2.45, 2.75) is 20.3 Å². The molecule has 0 spiro atoms. The van der Waals surface area contributed by atoms with Crippen LogP contribution in [0.2, 0.25) is 0 Å². The maximum Gasteiger partial charge on any atom is 0.126 e. The van der Waals surface area contributed by atoms with Crippen LogP contribution in [0.4, 0.5) is 0 Å². The summed E-state index contributed by atoms with van der Waals surface area (Å²) in [6.07, 6.45) is 0.975. The Kier molecular flexibility index (Phi) is 4.61. The van der Waals surface area contributed by atoms with Crippen molar-refractivity contribution in [2.24, 2.45) is 0 Å². The fourth-order valence-electron chi connectivity index (χ4n) is 1.79. The molecule has 0 fully saturated rings. The topological polar surface area (TPSA) is 21.3 Å². The highest BCUT2D eigenvalue weighted by atomic mass is 79.9. The second kappa shape index (κ2) is 5.52. The Morgan fingerprint density at radius 1 is 1.33 bits per heavy atom. The van der Waals surface area contributed by atoms with Crippen molar-refractivity contribution < 1.29 is 4.74 Å². The number of benzene rings is 1. The maximum absolute atomic E-state index is 5.45. The Morgan fingerprint density at radius 3 is 2.53 bits per heavy atom. The van der Waals surface area contributed by atoms with E-state index in [-0.39, 0.29) is 0 Å². The zero-order chi connectivity index (χ0) is 11.4. The molecule has 0 aliphatic carbocycles. The molecule has 3 heteroatoms. The van der Waals surface area contributed by atoms with E-state index in [1.807, 2.05) is 7.05 Å². The number of ether oxygens (including phenoxy) is 1. The van der Waals surface area contributed by atoms with E-state index >= 15 is 0 Å². The Bertz CT molecular complexity index is 350. The van der Waals surface area contributed by atoms with Gasteiger partial charge in [0.1, 0.15) is 5.75 Å². The van der Waals surface area contributed by atoms with Gasteiger partial charge in [0, 0.05) is 10.0 Å². The lowest BCUT2D eigenvalue weighted by molar-refractivity contribution is 0.405. The summed E-state index contributed by atoms with van der Waals surface area (Å²) in [6, 6.07) is 2.14. The summed E-state index contributed by atoms with van der Waals surface area (Å²) in [5, 5.41) is 3.16. The first-order chi connectivity index (χ1) is 7.11. The predicted molar refractivity (Wildman–Crippen MR) is 67.8 cm³/mol. The zero-order valence-corrected chi connectivity index (χ0v) is 11.4. The van der Waals surface area contributed by atoms with Crippen LogP contribution in [-0.2, 0) is 6.42 Å². The third-order valence-electron chi connectivity index (χ3n) is 2.51. The Hall–Kier alpha value is -0.540. The molecule has 0 amide bonds. The van der Waals surface area contributed by atoms with E-state index in [9.17, 15) is 0 Å². The van der Waals surface area contributed by atoms with Gasteiger partial charge in [0.05, 0.1) is 7.11 Å². The van der Waals surface area contributed by atoms with E-state index in [0.29, 0.717) is 0 Å². The van der Waals surface area contributed by atoms with Gasteiger partial charge >= 0.3 is 0 Å². The molecule has 0 radical (unpaired) electrons. The van der Waals surface area contributed by atoms with Gasteiger partial charge in [-0.15, -0.1) is 0 Å². The molecule has 1 aromatic rings. The highest BCUT2D eigenvalue weighted by Crippen LogP contribution is 2.33. The van der Waals surface area contributed by atoms with E-state index < -0.39 is 0 Å². The molecule has 15 heavy (non-hydrogen) atoms. The van der Waals surface area contributed by atoms with Gasteiger partial charge < -0.3 is 10.1 Å². The first-order valence-corrected chi connectivity index (χ1v) is 5.88. The fraction of sp³-hybridized carbons (Fsp3) is 0.500. The van der Waals surface area contributed by atoms with E-state index in [1.165, 1.54) is 21.2 Å². The smallest absolute Gasteiger partial charge is 0.126 e. The van der Waals surface area contributed by atoms with Crippen LogP contribution in [0, 0.1) is 13.8 Å². The third-order valence-corrected chi connectivity index (χ3v) is 3.61. The third kappa shape index (κ3) is 2.73. The number of likely N-dealkylation sites (N-methyl/N-ethyl adjacent to an activating group) is 1. The van der Waals surface area contributed by atoms with Gasteiger partial charge in [-0.1, -0.05) is 22.0 Å². The summed E-state index contributed by atoms with van der Waals surface area (Å²) in [4.78, 5) is 0. The molecule has 1 aromatic carbocycles. The van der Waals surface area contributed by atoms with Crippen LogP contribution in [0.15, 0.2) is 10.5 Å². The summed E-state index contributed by atoms with van der Waals surface area (Å²) < 4.78 is 6.62. The molecule has 0 heterocycles. The molecular weight excluding hydrogens is 254 g/mol. The number of hydrogen-bond donors (Lipinski definition) is 1. The molecular formula is C12H18BrNO. The molecule has 0 unspecified atom stereocenters. The lowest BCUT2D eigenvalue weighted by atomic mass is 10.0. The van der Waals surface area contributed by atoms with Crippen molar-refractivity contribution >= 4 is 15.9 Å². The molecule has 84 valence electrons. The number of halogens is 1. The van der Waals surface area contributed by atoms with Crippen LogP contribution in [0.1, 0.15) is 16.7 Å². The lowest BCUT2D eigenvalue weighted by Crippen LogP contribution is -2.12. The zero-order valence-electron chi connectivity index (χ0n) is 9.78. The van der Waals surface area contributed by atoms with Crippen molar-refractivity contribution in [3.8, 4) is 5.75 Å². The fourth-order valence-corrected chi connectivity index (χ4v) is 2.28. The minimum Gasteiger partial charge on any atom is -0.496 e. The Labute approximate surface area is 100 Å². The van der Waals surface area contributed by atoms with Gasteiger partial charge in [-0.3, -0.25) is 0 Å². The maximum atomic E-state index is 5.45. The minimum absolute atomic E-state index is 0.956. The average Bonchev–Trinajstić information content (AvgIpc) is 2.21. The van der Waals surface area contributed by atoms with Crippen LogP contribution in [-0.4, -0.2) is 20.7 Å². The molecule has 0 saturated heterocycles. The average molecular weight is 272 g/mol. The molecule has 0 atom stereocenters. The SMILES string of the molecule is CNCCc1c(Br)c(C)cc(C)c1OC. The van der Waals surface area contributed by atoms with Crippen LogP contribution in [0.3, 0.4) is 0 Å². The Balaban J connectivity index is 3.18. The number of rotatable bonds is 4. The quantitative estimate of drug-likeness (QED) is 0.910. The molecule has 2 nitrogen and oxygen atoms in total. The summed E-state index contributed by atoms with van der Waals surface area (Å²) in [7, 11) is 3.69. The molecule has 0 aromatic heterocycles. The molecule has 0 aliphatic heterocycles. The second-order valence-corrected chi connectivity index (χ2v) is 4.48. The Morgan fingerprint density at radius 2 is 2.00 bits per heavy atom. The monoisotopic (exact) mass is 271 g/mol. The molecule has 0 aliphatic rings. The first-order valence-electron chi connectivity index (χ1n) is 5.09. The highest BCUT2D eigenvalue weighted by molar-refractivity contribution is 9.10. The second-order valence-electron chi connectivity index (χ2n) is 3.69. The van der Waals surface area contributed by atoms with Gasteiger partial charge in [0.25, 0.3) is 0 Å². The van der Waals surface area contributed by atoms with Gasteiger partial charge in [-0.05, 0) is 45.0 Å². The van der Waals surface area contributed by atoms with Crippen molar-refractivity contribution in [2.75, 3.05) is 20.7 Å². The van der Waals surface area contributed by atoms with E-state index in [0.717, 1.165) is 18.7 Å². The van der Waals surface area contributed by atoms with E-state index in [4.69, 9.17) is 4.74 Å². The normalized spacial score (nSPS) is 10.5. The number of methoxy groups -OCH3 is 1. The number of nitrogens with one attached hydrogen (secondary N) is 1. The first kappa shape index (κ1) is 12.5. The van der Waals surface area contributed by atoms with Crippen molar-refractivity contribution in [1.82, 2.24) is 5.32 Å². The summed E-state index contributed by atoms with van der Waals surface area (Å²) in [5.41, 5.74) is 3.72. The van der Waals surface area contributed by atoms with Crippen molar-refractivity contribution in [3.05, 3.63) is 27.2 Å². The molecule has 0 saturated carbocycles. The van der Waals surface area contributed by atoms with Crippen LogP contribution in [0.25, 0.3) is 0 Å². The molecule has 1 rings (SSSR count). The summed E-state index contributed by atoms with van der Waals surface area (Å²) in [5.74, 6) is 1.00. The minimum atomic E-state index is 0.956. The summed E-state index contributed by atoms with van der Waals surface area (Å²) >= 11 is 3.63. The van der Waals surface area contributed by atoms with Gasteiger partial charge in [-0.25, -0.2) is 0 Å². The van der Waals surface area contributed by atoms with E-state index in [2.05, 4.69) is 41.2 Å². The van der Waals surface area contributed by atoms with Gasteiger partial charge in [0.15, 0.2) is 0 Å². The van der Waals surface area contributed by atoms with Crippen molar-refractivity contribution in [1.29, 1.82) is 0 Å². The number of hydrogen-bond acceptors (Lipinski definition) is 2. The molecule has 0 bridgehead atoms. The van der Waals surface area contributed by atoms with Crippen LogP contribution in [0.5, 0.6) is 5.75 Å². The molecule has 1 N–H and O–H groups in total. The van der Waals surface area contributed by atoms with E-state index in [1.54, 1.807) is 7.11 Å². The van der Waals surface area contributed by atoms with Gasteiger partial charge in [0.2, 0.25) is 0 Å². The van der Waals surface area contributed by atoms with Crippen molar-refractivity contribution in [3.63, 3.8) is 0 Å². The number of aryl methyl sites for hydroxylation is 2. The standard InChI is InChI=1S/C12H18BrNO/c1-8-7-9(2)12(15-4)10(11(8)13)5-6-14-3/h7,14H,5-6H2,1-4H3. The largest absolute Gasteiger partial charge is 0.496 e. The predicted octanol–water partition coefficient (Wildman–Crippen LogP) is 2.84.